The monoisotopic (exact) mass is 1740 g/mol. The lowest BCUT2D eigenvalue weighted by Gasteiger charge is -2.50. The van der Waals surface area contributed by atoms with Crippen LogP contribution in [0.25, 0.3) is 66.8 Å². The lowest BCUT2D eigenvalue weighted by Crippen LogP contribution is -2.44. The average Bonchev–Trinajstić information content (AvgIpc) is 1.45. The van der Waals surface area contributed by atoms with Crippen molar-refractivity contribution >= 4 is 0 Å². The fourth-order valence-corrected chi connectivity index (χ4v) is 25.4. The highest BCUT2D eigenvalue weighted by atomic mass is 19.1. The van der Waals surface area contributed by atoms with Gasteiger partial charge in [-0.25, -0.2) is 13.2 Å². The lowest BCUT2D eigenvalue weighted by molar-refractivity contribution is 0.626. The van der Waals surface area contributed by atoms with E-state index >= 15 is 0 Å². The van der Waals surface area contributed by atoms with E-state index in [-0.39, 0.29) is 24.9 Å². The average molecular weight is 1750 g/mol. The molecule has 21 aromatic carbocycles. The van der Waals surface area contributed by atoms with E-state index in [0.717, 1.165) is 33.4 Å². The molecule has 0 spiro atoms. The Kier molecular flexibility index (Phi) is 19.9. The second-order valence-electron chi connectivity index (χ2n) is 36.4. The van der Waals surface area contributed by atoms with Crippen LogP contribution in [0.4, 0.5) is 13.2 Å². The second kappa shape index (κ2) is 32.7. The van der Waals surface area contributed by atoms with Crippen molar-refractivity contribution in [1.82, 2.24) is 0 Å². The number of hydrogen-bond acceptors (Lipinski definition) is 0. The molecule has 6 aliphatic carbocycles. The predicted molar refractivity (Wildman–Crippen MR) is 550 cm³/mol. The maximum atomic E-state index is 14.2. The molecule has 0 saturated heterocycles. The van der Waals surface area contributed by atoms with E-state index < -0.39 is 32.5 Å². The van der Waals surface area contributed by atoms with Crippen LogP contribution in [-0.2, 0) is 32.5 Å². The first kappa shape index (κ1) is 82.6. The lowest BCUT2D eigenvalue weighted by atomic mass is 9.51. The van der Waals surface area contributed by atoms with E-state index in [1.807, 2.05) is 36.4 Å². The zero-order valence-corrected chi connectivity index (χ0v) is 73.9. The Morgan fingerprint density at radius 2 is 0.316 bits per heavy atom. The van der Waals surface area contributed by atoms with Crippen molar-refractivity contribution in [3.05, 3.63) is 679 Å². The minimum absolute atomic E-state index is 0. The van der Waals surface area contributed by atoms with Crippen molar-refractivity contribution in [3.8, 4) is 66.8 Å². The zero-order chi connectivity index (χ0) is 90.0. The fourth-order valence-electron chi connectivity index (χ4n) is 25.4. The molecule has 644 valence electrons. The highest BCUT2D eigenvalue weighted by Crippen LogP contribution is 2.71. The topological polar surface area (TPSA) is 0 Å². The van der Waals surface area contributed by atoms with Gasteiger partial charge in [0.15, 0.2) is 0 Å². The van der Waals surface area contributed by atoms with Gasteiger partial charge in [0, 0.05) is 0 Å². The van der Waals surface area contributed by atoms with Gasteiger partial charge in [0.25, 0.3) is 0 Å². The summed E-state index contributed by atoms with van der Waals surface area (Å²) in [5, 5.41) is 0. The van der Waals surface area contributed by atoms with Crippen molar-refractivity contribution in [2.24, 2.45) is 0 Å². The summed E-state index contributed by atoms with van der Waals surface area (Å²) in [6.07, 6.45) is 0. The van der Waals surface area contributed by atoms with E-state index in [0.29, 0.717) is 0 Å². The highest BCUT2D eigenvalue weighted by Gasteiger charge is 2.62. The molecular weight excluding hydrogens is 1650 g/mol. The van der Waals surface area contributed by atoms with Crippen molar-refractivity contribution < 1.29 is 13.2 Å². The summed E-state index contributed by atoms with van der Waals surface area (Å²) in [6, 6.07) is 188. The molecule has 0 amide bonds. The van der Waals surface area contributed by atoms with Gasteiger partial charge in [-0.05, 0) is 243 Å². The van der Waals surface area contributed by atoms with E-state index in [1.165, 1.54) is 179 Å². The molecule has 0 nitrogen and oxygen atoms in total. The van der Waals surface area contributed by atoms with Crippen LogP contribution in [0.15, 0.2) is 528 Å². The van der Waals surface area contributed by atoms with Crippen molar-refractivity contribution in [1.29, 1.82) is 0 Å². The largest absolute Gasteiger partial charge is 0.207 e. The number of benzene rings is 21. The Hall–Kier alpha value is -16.6. The van der Waals surface area contributed by atoms with E-state index in [4.69, 9.17) is 0 Å². The molecule has 3 heteroatoms. The minimum atomic E-state index is -0.644. The third-order valence-electron chi connectivity index (χ3n) is 30.3. The Bertz CT molecular complexity index is 8150. The van der Waals surface area contributed by atoms with Crippen molar-refractivity contribution in [3.63, 3.8) is 0 Å². The maximum absolute atomic E-state index is 14.2. The van der Waals surface area contributed by atoms with E-state index in [1.54, 1.807) is 24.3 Å². The smallest absolute Gasteiger partial charge is 0.123 e. The molecule has 0 saturated carbocycles. The van der Waals surface area contributed by atoms with Crippen LogP contribution in [-0.4, -0.2) is 0 Å². The highest BCUT2D eigenvalue weighted by molar-refractivity contribution is 5.97. The molecule has 6 atom stereocenters. The van der Waals surface area contributed by atoms with E-state index in [2.05, 4.69) is 455 Å². The van der Waals surface area contributed by atoms with Gasteiger partial charge in [-0.2, -0.15) is 0 Å². The molecule has 27 rings (SSSR count). The van der Waals surface area contributed by atoms with Crippen LogP contribution in [0.2, 0.25) is 0 Å². The summed E-state index contributed by atoms with van der Waals surface area (Å²) < 4.78 is 41.9. The van der Waals surface area contributed by atoms with Gasteiger partial charge in [0.2, 0.25) is 0 Å². The first-order valence-electron chi connectivity index (χ1n) is 46.7. The molecule has 0 heterocycles. The summed E-state index contributed by atoms with van der Waals surface area (Å²) in [7, 11) is 0. The molecule has 6 aliphatic rings. The van der Waals surface area contributed by atoms with Crippen LogP contribution in [0.5, 0.6) is 0 Å². The standard InChI is InChI=1S/3C44H29F.CH4/c45-33-28-26-30(27-29-33)34-18-7-9-21-37(34)43(31-14-3-1-4-15-31)39-23-11-12-24-40(39)44(32-16-5-2-6-17-32)38-22-10-8-19-35(38)36-20-13-25-41(43)42(36)44;45-35-27-25-30(26-28-35)31-13-11-18-34(29-31)43(32-14-3-1-4-15-32)39-22-9-10-23-40(39)44(33-16-5-2-6-17-33)38-21-8-7-19-36(38)37-20-12-24-41(43)42(37)44;45-35-28-24-31(25-29-35)30-22-26-34(27-23-30)43(32-12-3-1-4-13-32)39-19-9-10-20-40(39)44(33-14-5-2-6-15-33)38-18-8-7-16-36(38)37-17-11-21-41(43)42(37)44;/h3*1-29H;1H4. The predicted octanol–water partition coefficient (Wildman–Crippen LogP) is 32.3. The summed E-state index contributed by atoms with van der Waals surface area (Å²) in [4.78, 5) is 0. The molecule has 0 radical (unpaired) electrons. The quantitative estimate of drug-likeness (QED) is 0.114. The number of rotatable bonds is 12. The van der Waals surface area contributed by atoms with Gasteiger partial charge in [-0.1, -0.05) is 493 Å². The molecule has 21 aromatic rings. The molecule has 6 unspecified atom stereocenters. The molecule has 136 heavy (non-hydrogen) atoms. The molecule has 0 aromatic heterocycles. The maximum Gasteiger partial charge on any atom is 0.123 e. The van der Waals surface area contributed by atoms with E-state index in [9.17, 15) is 13.2 Å². The Balaban J connectivity index is 0.000000111. The normalized spacial score (nSPS) is 18.8. The fraction of sp³-hybridized carbons (Fsp3) is 0.0526. The molecule has 0 aliphatic heterocycles. The van der Waals surface area contributed by atoms with Gasteiger partial charge >= 0.3 is 0 Å². The third kappa shape index (κ3) is 11.7. The van der Waals surface area contributed by atoms with Crippen LogP contribution < -0.4 is 0 Å². The zero-order valence-electron chi connectivity index (χ0n) is 73.9. The summed E-state index contributed by atoms with van der Waals surface area (Å²) in [6.45, 7) is 0. The van der Waals surface area contributed by atoms with Crippen molar-refractivity contribution in [2.45, 2.75) is 39.9 Å². The third-order valence-corrected chi connectivity index (χ3v) is 30.3. The van der Waals surface area contributed by atoms with Gasteiger partial charge in [-0.3, -0.25) is 0 Å². The second-order valence-corrected chi connectivity index (χ2v) is 36.4. The number of hydrogen-bond donors (Lipinski definition) is 0. The molecule has 0 fully saturated rings. The Morgan fingerprint density at radius 1 is 0.118 bits per heavy atom. The van der Waals surface area contributed by atoms with Crippen LogP contribution >= 0.6 is 0 Å². The number of halogens is 3. The summed E-state index contributed by atoms with van der Waals surface area (Å²) in [5.41, 5.74) is 41.4. The van der Waals surface area contributed by atoms with Gasteiger partial charge in [0.05, 0.1) is 32.5 Å². The summed E-state index contributed by atoms with van der Waals surface area (Å²) >= 11 is 0. The van der Waals surface area contributed by atoms with Gasteiger partial charge in [0.1, 0.15) is 17.5 Å². The Labute approximate surface area is 793 Å². The van der Waals surface area contributed by atoms with Crippen LogP contribution in [0, 0.1) is 17.5 Å². The van der Waals surface area contributed by atoms with Crippen molar-refractivity contribution in [2.75, 3.05) is 0 Å². The molecule has 0 bridgehead atoms. The summed E-state index contributed by atoms with van der Waals surface area (Å²) in [5.74, 6) is -0.685. The first-order valence-corrected chi connectivity index (χ1v) is 46.7. The molecule has 0 N–H and O–H groups in total. The van der Waals surface area contributed by atoms with Crippen LogP contribution in [0.3, 0.4) is 0 Å². The number of fused-ring (bicyclic) bond motifs is 15. The Morgan fingerprint density at radius 3 is 0.654 bits per heavy atom. The minimum Gasteiger partial charge on any atom is -0.207 e. The van der Waals surface area contributed by atoms with Gasteiger partial charge < -0.3 is 0 Å². The first-order chi connectivity index (χ1) is 66.7. The molecular formula is C133H91F3. The van der Waals surface area contributed by atoms with Gasteiger partial charge in [-0.15, -0.1) is 0 Å². The van der Waals surface area contributed by atoms with Crippen LogP contribution in [0.1, 0.15) is 141 Å². The SMILES string of the molecule is C.Fc1ccc(-c2ccc(C3(c4ccccc4)c4ccccc4C4(c5ccccc5)c5ccccc5-c5cccc3c54)cc2)cc1.Fc1ccc(-c2cccc(C3(c4ccccc4)c4ccccc4C4(c5ccccc5)c5ccccc5-c5cccc3c54)c2)cc1.Fc1ccc(-c2ccccc2C2(c3ccccc3)c3ccccc3C3(c4ccccc4)c4ccccc4-c4cccc2c43)cc1.